The normalized spacial score (nSPS) is 10.4. The molecule has 0 radical (unpaired) electrons. The smallest absolute Gasteiger partial charge is 0.387 e. The molecule has 17 heavy (non-hydrogen) atoms. The van der Waals surface area contributed by atoms with Gasteiger partial charge in [0.05, 0.1) is 5.56 Å². The summed E-state index contributed by atoms with van der Waals surface area (Å²) in [5.74, 6) is -0.343. The SMILES string of the molecule is C=C(CC)CC(=O)c1ccccc1OC(F)F. The maximum Gasteiger partial charge on any atom is 0.387 e. The maximum atomic E-state index is 12.1. The Kier molecular flexibility index (Phi) is 4.82. The van der Waals surface area contributed by atoms with Crippen molar-refractivity contribution in [1.29, 1.82) is 0 Å². The summed E-state index contributed by atoms with van der Waals surface area (Å²) in [7, 11) is 0. The van der Waals surface area contributed by atoms with E-state index in [2.05, 4.69) is 11.3 Å². The van der Waals surface area contributed by atoms with Gasteiger partial charge in [-0.15, -0.1) is 0 Å². The molecular weight excluding hydrogens is 226 g/mol. The van der Waals surface area contributed by atoms with Gasteiger partial charge in [0.1, 0.15) is 5.75 Å². The molecule has 0 heterocycles. The van der Waals surface area contributed by atoms with Crippen LogP contribution in [0.5, 0.6) is 5.75 Å². The standard InChI is InChI=1S/C13H14F2O2/c1-3-9(2)8-11(16)10-6-4-5-7-12(10)17-13(14)15/h4-7,13H,2-3,8H2,1H3. The lowest BCUT2D eigenvalue weighted by atomic mass is 10.0. The first-order valence-electron chi connectivity index (χ1n) is 5.28. The van der Waals surface area contributed by atoms with Gasteiger partial charge in [0, 0.05) is 6.42 Å². The third kappa shape index (κ3) is 3.98. The summed E-state index contributed by atoms with van der Waals surface area (Å²) < 4.78 is 28.6. The lowest BCUT2D eigenvalue weighted by Crippen LogP contribution is -2.08. The lowest BCUT2D eigenvalue weighted by molar-refractivity contribution is -0.0501. The van der Waals surface area contributed by atoms with Gasteiger partial charge in [-0.2, -0.15) is 8.78 Å². The van der Waals surface area contributed by atoms with Crippen molar-refractivity contribution < 1.29 is 18.3 Å². The molecular formula is C13H14F2O2. The van der Waals surface area contributed by atoms with Crippen LogP contribution in [0.25, 0.3) is 0 Å². The second-order valence-corrected chi connectivity index (χ2v) is 3.58. The highest BCUT2D eigenvalue weighted by atomic mass is 19.3. The lowest BCUT2D eigenvalue weighted by Gasteiger charge is -2.09. The highest BCUT2D eigenvalue weighted by Crippen LogP contribution is 2.23. The molecule has 0 aliphatic heterocycles. The fourth-order valence-electron chi connectivity index (χ4n) is 1.34. The summed E-state index contributed by atoms with van der Waals surface area (Å²) in [5.41, 5.74) is 0.934. The fourth-order valence-corrected chi connectivity index (χ4v) is 1.34. The first-order valence-corrected chi connectivity index (χ1v) is 5.28. The van der Waals surface area contributed by atoms with Crippen LogP contribution < -0.4 is 4.74 Å². The summed E-state index contributed by atoms with van der Waals surface area (Å²) in [6.45, 7) is 2.67. The molecule has 4 heteroatoms. The van der Waals surface area contributed by atoms with Crippen LogP contribution in [0.4, 0.5) is 8.78 Å². The number of ketones is 1. The molecule has 1 rings (SSSR count). The Hall–Kier alpha value is -1.71. The molecule has 92 valence electrons. The van der Waals surface area contributed by atoms with E-state index < -0.39 is 6.61 Å². The molecule has 1 aromatic carbocycles. The zero-order valence-electron chi connectivity index (χ0n) is 9.58. The first kappa shape index (κ1) is 13.4. The molecule has 1 aromatic rings. The highest BCUT2D eigenvalue weighted by molar-refractivity contribution is 5.99. The van der Waals surface area contributed by atoms with Gasteiger partial charge in [-0.1, -0.05) is 31.2 Å². The van der Waals surface area contributed by atoms with E-state index in [1.54, 1.807) is 12.1 Å². The van der Waals surface area contributed by atoms with E-state index in [-0.39, 0.29) is 23.5 Å². The minimum absolute atomic E-state index is 0.0867. The van der Waals surface area contributed by atoms with Gasteiger partial charge in [0.2, 0.25) is 0 Å². The number of ether oxygens (including phenoxy) is 1. The van der Waals surface area contributed by atoms with Gasteiger partial charge in [-0.3, -0.25) is 4.79 Å². The number of hydrogen-bond acceptors (Lipinski definition) is 2. The van der Waals surface area contributed by atoms with Crippen LogP contribution in [0.15, 0.2) is 36.4 Å². The van der Waals surface area contributed by atoms with Crippen molar-refractivity contribution in [1.82, 2.24) is 0 Å². The second-order valence-electron chi connectivity index (χ2n) is 3.58. The van der Waals surface area contributed by atoms with Crippen LogP contribution in [0.2, 0.25) is 0 Å². The topological polar surface area (TPSA) is 26.3 Å². The molecule has 0 fully saturated rings. The average Bonchev–Trinajstić information content (AvgIpc) is 2.28. The maximum absolute atomic E-state index is 12.1. The third-order valence-corrected chi connectivity index (χ3v) is 2.31. The zero-order valence-corrected chi connectivity index (χ0v) is 9.58. The molecule has 0 atom stereocenters. The number of alkyl halides is 2. The van der Waals surface area contributed by atoms with E-state index in [1.807, 2.05) is 6.92 Å². The number of rotatable bonds is 6. The summed E-state index contributed by atoms with van der Waals surface area (Å²) in [5, 5.41) is 0. The number of para-hydroxylation sites is 1. The predicted octanol–water partition coefficient (Wildman–Crippen LogP) is 3.83. The van der Waals surface area contributed by atoms with E-state index in [9.17, 15) is 13.6 Å². The molecule has 0 spiro atoms. The Morgan fingerprint density at radius 3 is 2.65 bits per heavy atom. The minimum Gasteiger partial charge on any atom is -0.434 e. The van der Waals surface area contributed by atoms with E-state index in [1.165, 1.54) is 12.1 Å². The Bertz CT molecular complexity index is 414. The monoisotopic (exact) mass is 240 g/mol. The molecule has 0 saturated carbocycles. The molecule has 0 amide bonds. The Balaban J connectivity index is 2.88. The van der Waals surface area contributed by atoms with Crippen molar-refractivity contribution in [3.63, 3.8) is 0 Å². The van der Waals surface area contributed by atoms with E-state index in [0.717, 1.165) is 5.57 Å². The van der Waals surface area contributed by atoms with Gasteiger partial charge < -0.3 is 4.74 Å². The number of carbonyl (C=O) groups is 1. The van der Waals surface area contributed by atoms with Gasteiger partial charge in [-0.25, -0.2) is 0 Å². The number of benzene rings is 1. The van der Waals surface area contributed by atoms with Crippen molar-refractivity contribution in [2.45, 2.75) is 26.4 Å². The van der Waals surface area contributed by atoms with Crippen LogP contribution >= 0.6 is 0 Å². The Morgan fingerprint density at radius 2 is 2.06 bits per heavy atom. The number of Topliss-reactive ketones (excluding diaryl/α,β-unsaturated/α-hetero) is 1. The number of halogens is 2. The summed E-state index contributed by atoms with van der Waals surface area (Å²) in [6, 6.07) is 5.99. The number of hydrogen-bond donors (Lipinski definition) is 0. The molecule has 0 saturated heterocycles. The summed E-state index contributed by atoms with van der Waals surface area (Å²) in [6.07, 6.45) is 0.837. The fraction of sp³-hybridized carbons (Fsp3) is 0.308. The molecule has 0 aliphatic carbocycles. The number of carbonyl (C=O) groups excluding carboxylic acids is 1. The second kappa shape index (κ2) is 6.13. The summed E-state index contributed by atoms with van der Waals surface area (Å²) in [4.78, 5) is 11.8. The molecule has 0 aliphatic rings. The molecule has 2 nitrogen and oxygen atoms in total. The average molecular weight is 240 g/mol. The van der Waals surface area contributed by atoms with Gasteiger partial charge in [-0.05, 0) is 18.6 Å². The van der Waals surface area contributed by atoms with Crippen molar-refractivity contribution in [3.8, 4) is 5.75 Å². The molecule has 0 unspecified atom stereocenters. The Labute approximate surface area is 98.9 Å². The van der Waals surface area contributed by atoms with Crippen LogP contribution in [-0.2, 0) is 0 Å². The molecule has 0 N–H and O–H groups in total. The third-order valence-electron chi connectivity index (χ3n) is 2.31. The van der Waals surface area contributed by atoms with Gasteiger partial charge in [0.15, 0.2) is 5.78 Å². The van der Waals surface area contributed by atoms with Crippen LogP contribution in [-0.4, -0.2) is 12.4 Å². The van der Waals surface area contributed by atoms with Crippen molar-refractivity contribution in [2.24, 2.45) is 0 Å². The van der Waals surface area contributed by atoms with E-state index >= 15 is 0 Å². The van der Waals surface area contributed by atoms with E-state index in [4.69, 9.17) is 0 Å². The van der Waals surface area contributed by atoms with E-state index in [0.29, 0.717) is 6.42 Å². The van der Waals surface area contributed by atoms with Crippen LogP contribution in [0.3, 0.4) is 0 Å². The van der Waals surface area contributed by atoms with Gasteiger partial charge >= 0.3 is 6.61 Å². The first-order chi connectivity index (χ1) is 8.04. The zero-order chi connectivity index (χ0) is 12.8. The Morgan fingerprint density at radius 1 is 1.41 bits per heavy atom. The predicted molar refractivity (Wildman–Crippen MR) is 61.5 cm³/mol. The van der Waals surface area contributed by atoms with Crippen molar-refractivity contribution >= 4 is 5.78 Å². The van der Waals surface area contributed by atoms with Crippen molar-refractivity contribution in [2.75, 3.05) is 0 Å². The van der Waals surface area contributed by atoms with Gasteiger partial charge in [0.25, 0.3) is 0 Å². The summed E-state index contributed by atoms with van der Waals surface area (Å²) >= 11 is 0. The largest absolute Gasteiger partial charge is 0.434 e. The number of allylic oxidation sites excluding steroid dienone is 1. The quantitative estimate of drug-likeness (QED) is 0.558. The highest BCUT2D eigenvalue weighted by Gasteiger charge is 2.15. The molecule has 0 aromatic heterocycles. The minimum atomic E-state index is -2.93. The molecule has 0 bridgehead atoms. The van der Waals surface area contributed by atoms with Crippen LogP contribution in [0.1, 0.15) is 30.1 Å². The van der Waals surface area contributed by atoms with Crippen molar-refractivity contribution in [3.05, 3.63) is 42.0 Å². The van der Waals surface area contributed by atoms with Crippen LogP contribution in [0, 0.1) is 0 Å².